The number of aryl methyl sites for hydroxylation is 1. The summed E-state index contributed by atoms with van der Waals surface area (Å²) in [4.78, 5) is 0.138. The number of rotatable bonds is 3. The van der Waals surface area contributed by atoms with Crippen molar-refractivity contribution in [2.45, 2.75) is 24.1 Å². The highest BCUT2D eigenvalue weighted by Crippen LogP contribution is 2.25. The molecule has 0 saturated carbocycles. The van der Waals surface area contributed by atoms with Crippen molar-refractivity contribution in [3.63, 3.8) is 0 Å². The third-order valence-corrected chi connectivity index (χ3v) is 6.48. The van der Waals surface area contributed by atoms with E-state index in [1.165, 1.54) is 16.4 Å². The lowest BCUT2D eigenvalue weighted by molar-refractivity contribution is 0.434. The molecule has 0 bridgehead atoms. The summed E-state index contributed by atoms with van der Waals surface area (Å²) in [6, 6.07) is 2.74. The van der Waals surface area contributed by atoms with Crippen molar-refractivity contribution < 1.29 is 12.8 Å². The van der Waals surface area contributed by atoms with Crippen LogP contribution in [0.3, 0.4) is 0 Å². The Bertz CT molecular complexity index is 584. The molecule has 1 heterocycles. The normalized spacial score (nSPS) is 17.9. The average Bonchev–Trinajstić information content (AvgIpc) is 2.71. The van der Waals surface area contributed by atoms with Gasteiger partial charge in [-0.1, -0.05) is 0 Å². The third-order valence-electron chi connectivity index (χ3n) is 3.27. The van der Waals surface area contributed by atoms with E-state index >= 15 is 0 Å². The van der Waals surface area contributed by atoms with Crippen LogP contribution in [0, 0.1) is 12.7 Å². The van der Waals surface area contributed by atoms with Crippen LogP contribution in [0.4, 0.5) is 4.39 Å². The van der Waals surface area contributed by atoms with E-state index < -0.39 is 15.8 Å². The molecular weight excluding hydrogens is 321 g/mol. The van der Waals surface area contributed by atoms with Crippen LogP contribution in [-0.2, 0) is 15.9 Å². The van der Waals surface area contributed by atoms with Crippen molar-refractivity contribution >= 4 is 33.4 Å². The van der Waals surface area contributed by atoms with Gasteiger partial charge >= 0.3 is 0 Å². The lowest BCUT2D eigenvalue weighted by Gasteiger charge is -2.20. The van der Waals surface area contributed by atoms with Gasteiger partial charge in [0.25, 0.3) is 0 Å². The van der Waals surface area contributed by atoms with E-state index in [9.17, 15) is 12.8 Å². The molecule has 112 valence electrons. The molecule has 0 unspecified atom stereocenters. The molecule has 1 fully saturated rings. The van der Waals surface area contributed by atoms with Gasteiger partial charge in [0.05, 0.1) is 10.8 Å². The van der Waals surface area contributed by atoms with Crippen LogP contribution in [0.2, 0.25) is 0 Å². The molecule has 3 nitrogen and oxygen atoms in total. The Morgan fingerprint density at radius 2 is 2.10 bits per heavy atom. The summed E-state index contributed by atoms with van der Waals surface area (Å²) >= 11 is 7.44. The summed E-state index contributed by atoms with van der Waals surface area (Å²) in [5, 5.41) is 0. The summed E-state index contributed by atoms with van der Waals surface area (Å²) in [5.74, 6) is 1.31. The molecule has 20 heavy (non-hydrogen) atoms. The van der Waals surface area contributed by atoms with Crippen molar-refractivity contribution in [1.29, 1.82) is 0 Å². The minimum atomic E-state index is -3.56. The molecule has 0 aromatic heterocycles. The molecule has 1 aromatic rings. The summed E-state index contributed by atoms with van der Waals surface area (Å²) < 4.78 is 40.5. The van der Waals surface area contributed by atoms with Gasteiger partial charge in [0.1, 0.15) is 5.82 Å². The van der Waals surface area contributed by atoms with Crippen molar-refractivity contribution in [3.05, 3.63) is 29.1 Å². The highest BCUT2D eigenvalue weighted by atomic mass is 35.5. The van der Waals surface area contributed by atoms with Crippen LogP contribution in [-0.4, -0.2) is 37.3 Å². The second kappa shape index (κ2) is 6.64. The monoisotopic (exact) mass is 337 g/mol. The maximum absolute atomic E-state index is 13.8. The van der Waals surface area contributed by atoms with Gasteiger partial charge < -0.3 is 0 Å². The van der Waals surface area contributed by atoms with Gasteiger partial charge in [-0.2, -0.15) is 16.1 Å². The first-order valence-electron chi connectivity index (χ1n) is 6.39. The van der Waals surface area contributed by atoms with E-state index in [1.54, 1.807) is 18.7 Å². The fourth-order valence-electron chi connectivity index (χ4n) is 2.17. The highest BCUT2D eigenvalue weighted by molar-refractivity contribution is 7.99. The van der Waals surface area contributed by atoms with Crippen LogP contribution in [0.25, 0.3) is 0 Å². The predicted molar refractivity (Wildman–Crippen MR) is 81.4 cm³/mol. The van der Waals surface area contributed by atoms with Gasteiger partial charge in [0.2, 0.25) is 10.0 Å². The van der Waals surface area contributed by atoms with Gasteiger partial charge in [-0.25, -0.2) is 12.8 Å². The first kappa shape index (κ1) is 16.1. The van der Waals surface area contributed by atoms with E-state index in [2.05, 4.69) is 0 Å². The van der Waals surface area contributed by atoms with Crippen molar-refractivity contribution in [1.82, 2.24) is 4.31 Å². The van der Waals surface area contributed by atoms with E-state index in [0.717, 1.165) is 17.9 Å². The van der Waals surface area contributed by atoms with Crippen LogP contribution >= 0.6 is 23.4 Å². The van der Waals surface area contributed by atoms with E-state index in [4.69, 9.17) is 11.6 Å². The number of halogens is 2. The Labute approximate surface area is 128 Å². The molecule has 0 N–H and O–H groups in total. The van der Waals surface area contributed by atoms with Crippen LogP contribution < -0.4 is 0 Å². The topological polar surface area (TPSA) is 37.4 Å². The molecule has 0 spiro atoms. The Hall–Kier alpha value is -0.300. The zero-order valence-corrected chi connectivity index (χ0v) is 13.6. The van der Waals surface area contributed by atoms with Crippen LogP contribution in [0.15, 0.2) is 17.0 Å². The lowest BCUT2D eigenvalue weighted by atomic mass is 10.1. The number of hydrogen-bond acceptors (Lipinski definition) is 3. The summed E-state index contributed by atoms with van der Waals surface area (Å²) in [6.07, 6.45) is 0.840. The zero-order chi connectivity index (χ0) is 14.8. The van der Waals surface area contributed by atoms with Gasteiger partial charge in [-0.05, 0) is 36.8 Å². The molecule has 1 aliphatic rings. The fraction of sp³-hybridized carbons (Fsp3) is 0.538. The second-order valence-electron chi connectivity index (χ2n) is 4.72. The standard InChI is InChI=1S/C13H17ClFNO2S2/c1-10-7-12(8-11(9-14)13(10)15)20(17,18)16-3-2-5-19-6-4-16/h7-8H,2-6,9H2,1H3. The third kappa shape index (κ3) is 3.30. The summed E-state index contributed by atoms with van der Waals surface area (Å²) in [5.41, 5.74) is 0.542. The van der Waals surface area contributed by atoms with Crippen LogP contribution in [0.1, 0.15) is 17.5 Å². The zero-order valence-electron chi connectivity index (χ0n) is 11.2. The number of nitrogens with zero attached hydrogens (tertiary/aromatic N) is 1. The molecule has 0 atom stereocenters. The summed E-state index contributed by atoms with van der Waals surface area (Å²) in [6.45, 7) is 2.57. The van der Waals surface area contributed by atoms with E-state index in [0.29, 0.717) is 18.7 Å². The highest BCUT2D eigenvalue weighted by Gasteiger charge is 2.26. The molecule has 1 aromatic carbocycles. The molecular formula is C13H17ClFNO2S2. The smallest absolute Gasteiger partial charge is 0.207 e. The predicted octanol–water partition coefficient (Wildman–Crippen LogP) is 3.00. The lowest BCUT2D eigenvalue weighted by Crippen LogP contribution is -2.33. The van der Waals surface area contributed by atoms with Crippen molar-refractivity contribution in [2.24, 2.45) is 0 Å². The minimum absolute atomic E-state index is 0.0358. The van der Waals surface area contributed by atoms with Gasteiger partial charge in [-0.3, -0.25) is 0 Å². The Kier molecular flexibility index (Phi) is 5.34. The maximum atomic E-state index is 13.8. The maximum Gasteiger partial charge on any atom is 0.243 e. The molecule has 0 radical (unpaired) electrons. The Morgan fingerprint density at radius 3 is 2.80 bits per heavy atom. The van der Waals surface area contributed by atoms with Crippen molar-refractivity contribution in [2.75, 3.05) is 24.6 Å². The van der Waals surface area contributed by atoms with E-state index in [-0.39, 0.29) is 16.3 Å². The van der Waals surface area contributed by atoms with E-state index in [1.807, 2.05) is 0 Å². The SMILES string of the molecule is Cc1cc(S(=O)(=O)N2CCCSCC2)cc(CCl)c1F. The molecule has 1 aliphatic heterocycles. The average molecular weight is 338 g/mol. The molecule has 0 aliphatic carbocycles. The van der Waals surface area contributed by atoms with Crippen LogP contribution in [0.5, 0.6) is 0 Å². The molecule has 1 saturated heterocycles. The number of benzene rings is 1. The van der Waals surface area contributed by atoms with Gasteiger partial charge in [-0.15, -0.1) is 11.6 Å². The van der Waals surface area contributed by atoms with Gasteiger partial charge in [0, 0.05) is 24.4 Å². The quantitative estimate of drug-likeness (QED) is 0.796. The number of thioether (sulfide) groups is 1. The van der Waals surface area contributed by atoms with Gasteiger partial charge in [0.15, 0.2) is 0 Å². The number of alkyl halides is 1. The first-order valence-corrected chi connectivity index (χ1v) is 9.52. The largest absolute Gasteiger partial charge is 0.243 e. The fourth-order valence-corrected chi connectivity index (χ4v) is 4.98. The minimum Gasteiger partial charge on any atom is -0.207 e. The molecule has 0 amide bonds. The summed E-state index contributed by atoms with van der Waals surface area (Å²) in [7, 11) is -3.56. The Morgan fingerprint density at radius 1 is 1.35 bits per heavy atom. The number of sulfonamides is 1. The second-order valence-corrected chi connectivity index (χ2v) is 8.15. The molecule has 7 heteroatoms. The first-order chi connectivity index (χ1) is 9.46. The molecule has 2 rings (SSSR count). The Balaban J connectivity index is 2.40. The number of hydrogen-bond donors (Lipinski definition) is 0. The van der Waals surface area contributed by atoms with Crippen molar-refractivity contribution in [3.8, 4) is 0 Å².